The molecule has 0 spiro atoms. The number of thiocarbonyl (C=S) groups is 2. The van der Waals surface area contributed by atoms with Gasteiger partial charge in [-0.3, -0.25) is 4.79 Å². The van der Waals surface area contributed by atoms with Gasteiger partial charge < -0.3 is 15.0 Å². The SMILES string of the molecule is C.C.CC(C)C.CC(C)C.CN1CCOC1=S.O=C1CNC(=S)S1. The average molecular weight is 399 g/mol. The summed E-state index contributed by atoms with van der Waals surface area (Å²) < 4.78 is 5.52. The van der Waals surface area contributed by atoms with Gasteiger partial charge in [0.2, 0.25) is 5.12 Å². The van der Waals surface area contributed by atoms with E-state index in [0.29, 0.717) is 16.0 Å². The fourth-order valence-corrected chi connectivity index (χ4v) is 1.81. The molecule has 1 N–H and O–H groups in total. The first kappa shape index (κ1) is 31.4. The molecule has 146 valence electrons. The maximum absolute atomic E-state index is 10.3. The van der Waals surface area contributed by atoms with Crippen LogP contribution in [-0.2, 0) is 9.53 Å². The second-order valence-electron chi connectivity index (χ2n) is 6.12. The Morgan fingerprint density at radius 3 is 1.58 bits per heavy atom. The molecule has 2 fully saturated rings. The van der Waals surface area contributed by atoms with Crippen molar-refractivity contribution in [2.45, 2.75) is 56.4 Å². The van der Waals surface area contributed by atoms with E-state index >= 15 is 0 Å². The number of carbonyl (C=O) groups is 1. The minimum atomic E-state index is 0. The first-order valence-electron chi connectivity index (χ1n) is 7.42. The Bertz CT molecular complexity index is 323. The van der Waals surface area contributed by atoms with E-state index in [0.717, 1.165) is 36.7 Å². The molecular weight excluding hydrogens is 360 g/mol. The molecule has 2 rings (SSSR count). The molecule has 4 nitrogen and oxygen atoms in total. The van der Waals surface area contributed by atoms with Gasteiger partial charge in [-0.2, -0.15) is 0 Å². The van der Waals surface area contributed by atoms with Crippen molar-refractivity contribution in [3.63, 3.8) is 0 Å². The monoisotopic (exact) mass is 398 g/mol. The summed E-state index contributed by atoms with van der Waals surface area (Å²) in [6.45, 7) is 15.1. The van der Waals surface area contributed by atoms with Crippen LogP contribution in [0.15, 0.2) is 0 Å². The summed E-state index contributed by atoms with van der Waals surface area (Å²) in [6, 6.07) is 0. The molecule has 2 saturated heterocycles. The maximum Gasteiger partial charge on any atom is 0.259 e. The van der Waals surface area contributed by atoms with Crippen molar-refractivity contribution in [1.82, 2.24) is 10.2 Å². The lowest BCUT2D eigenvalue weighted by atomic mass is 10.3. The number of carbonyl (C=O) groups excluding carboxylic acids is 1. The molecule has 2 heterocycles. The van der Waals surface area contributed by atoms with Gasteiger partial charge in [-0.15, -0.1) is 0 Å². The molecule has 0 aromatic heterocycles. The quantitative estimate of drug-likeness (QED) is 0.578. The number of nitrogens with one attached hydrogen (secondary N) is 1. The number of likely N-dealkylation sites (N-methyl/N-ethyl adjacent to an activating group) is 1. The molecule has 0 aliphatic carbocycles. The van der Waals surface area contributed by atoms with Gasteiger partial charge in [0.15, 0.2) is 0 Å². The van der Waals surface area contributed by atoms with Gasteiger partial charge in [-0.1, -0.05) is 68.6 Å². The molecule has 0 unspecified atom stereocenters. The Labute approximate surface area is 165 Å². The fourth-order valence-electron chi connectivity index (χ4n) is 0.791. The predicted octanol–water partition coefficient (Wildman–Crippen LogP) is 4.96. The Balaban J connectivity index is -0.000000112. The molecule has 0 radical (unpaired) electrons. The number of rotatable bonds is 0. The van der Waals surface area contributed by atoms with Crippen LogP contribution >= 0.6 is 36.2 Å². The average Bonchev–Trinajstić information content (AvgIpc) is 2.88. The summed E-state index contributed by atoms with van der Waals surface area (Å²) in [6.07, 6.45) is 0. The zero-order valence-electron chi connectivity index (χ0n) is 14.8. The van der Waals surface area contributed by atoms with E-state index in [2.05, 4.69) is 59.1 Å². The lowest BCUT2D eigenvalue weighted by molar-refractivity contribution is -0.109. The molecule has 0 amide bonds. The van der Waals surface area contributed by atoms with Crippen LogP contribution in [0.5, 0.6) is 0 Å². The highest BCUT2D eigenvalue weighted by Crippen LogP contribution is 2.08. The molecule has 0 aromatic rings. The zero-order valence-corrected chi connectivity index (χ0v) is 17.2. The van der Waals surface area contributed by atoms with Crippen molar-refractivity contribution in [2.24, 2.45) is 11.8 Å². The van der Waals surface area contributed by atoms with Crippen LogP contribution in [0, 0.1) is 11.8 Å². The Morgan fingerprint density at radius 2 is 1.50 bits per heavy atom. The fraction of sp³-hybridized carbons (Fsp3) is 0.824. The van der Waals surface area contributed by atoms with Crippen molar-refractivity contribution in [3.8, 4) is 0 Å². The van der Waals surface area contributed by atoms with E-state index in [9.17, 15) is 4.79 Å². The van der Waals surface area contributed by atoms with Gasteiger partial charge in [0.05, 0.1) is 13.1 Å². The maximum atomic E-state index is 10.3. The van der Waals surface area contributed by atoms with Gasteiger partial charge in [0.25, 0.3) is 5.17 Å². The Hall–Kier alpha value is -0.400. The van der Waals surface area contributed by atoms with Gasteiger partial charge in [-0.25, -0.2) is 0 Å². The predicted molar refractivity (Wildman–Crippen MR) is 119 cm³/mol. The molecule has 0 bridgehead atoms. The van der Waals surface area contributed by atoms with E-state index in [1.807, 2.05) is 11.9 Å². The Kier molecular flexibility index (Phi) is 24.8. The molecule has 7 heteroatoms. The minimum Gasteiger partial charge on any atom is -0.469 e. The third kappa shape index (κ3) is 26.5. The first-order chi connectivity index (χ1) is 10.1. The number of hydrogen-bond donors (Lipinski definition) is 1. The van der Waals surface area contributed by atoms with Gasteiger partial charge in [-0.05, 0) is 35.8 Å². The third-order valence-corrected chi connectivity index (χ3v) is 3.07. The normalized spacial score (nSPS) is 14.7. The van der Waals surface area contributed by atoms with E-state index in [1.165, 1.54) is 0 Å². The molecule has 0 saturated carbocycles. The molecule has 0 aromatic carbocycles. The van der Waals surface area contributed by atoms with Crippen molar-refractivity contribution < 1.29 is 9.53 Å². The van der Waals surface area contributed by atoms with Crippen LogP contribution in [0.2, 0.25) is 0 Å². The highest BCUT2D eigenvalue weighted by atomic mass is 32.2. The Morgan fingerprint density at radius 1 is 1.08 bits per heavy atom. The molecule has 2 aliphatic heterocycles. The van der Waals surface area contributed by atoms with Gasteiger partial charge in [0, 0.05) is 7.05 Å². The largest absolute Gasteiger partial charge is 0.469 e. The summed E-state index contributed by atoms with van der Waals surface area (Å²) in [5.41, 5.74) is 0. The van der Waals surface area contributed by atoms with Crippen molar-refractivity contribution in [3.05, 3.63) is 0 Å². The number of nitrogens with zero attached hydrogens (tertiary/aromatic N) is 1. The molecule has 24 heavy (non-hydrogen) atoms. The second-order valence-corrected chi connectivity index (χ2v) is 8.20. The molecule has 2 aliphatic rings. The second kappa shape index (κ2) is 18.9. The van der Waals surface area contributed by atoms with Crippen LogP contribution in [0.3, 0.4) is 0 Å². The summed E-state index contributed by atoms with van der Waals surface area (Å²) in [7, 11) is 1.93. The summed E-state index contributed by atoms with van der Waals surface area (Å²) in [5, 5.41) is 3.45. The molecule has 0 atom stereocenters. The van der Waals surface area contributed by atoms with E-state index < -0.39 is 0 Å². The highest BCUT2D eigenvalue weighted by Gasteiger charge is 2.13. The standard InChI is InChI=1S/C4H7NOS.2C4H10.C3H3NOS2.2CH4/c1-5-2-3-6-4(5)7;2*1-4(2)3;5-2-1-4-3(6)7-2;;/h2-3H2,1H3;2*4H,1-3H3;1H2,(H,4,6);2*1H4. The van der Waals surface area contributed by atoms with Gasteiger partial charge in [0.1, 0.15) is 10.9 Å². The van der Waals surface area contributed by atoms with E-state index in [-0.39, 0.29) is 20.0 Å². The number of ether oxygens (including phenoxy) is 1. The topological polar surface area (TPSA) is 41.6 Å². The molecular formula is C17H38N2O2S3. The van der Waals surface area contributed by atoms with Crippen LogP contribution in [0.25, 0.3) is 0 Å². The van der Waals surface area contributed by atoms with Crippen molar-refractivity contribution >= 4 is 50.8 Å². The van der Waals surface area contributed by atoms with Crippen LogP contribution in [-0.4, -0.2) is 46.3 Å². The minimum absolute atomic E-state index is 0. The zero-order chi connectivity index (χ0) is 17.7. The third-order valence-electron chi connectivity index (χ3n) is 1.55. The lowest BCUT2D eigenvalue weighted by Gasteiger charge is -2.02. The lowest BCUT2D eigenvalue weighted by Crippen LogP contribution is -2.17. The number of hydrogen-bond acceptors (Lipinski definition) is 5. The van der Waals surface area contributed by atoms with Crippen LogP contribution < -0.4 is 5.32 Å². The van der Waals surface area contributed by atoms with E-state index in [4.69, 9.17) is 17.0 Å². The van der Waals surface area contributed by atoms with Gasteiger partial charge >= 0.3 is 0 Å². The van der Waals surface area contributed by atoms with E-state index in [1.54, 1.807) is 0 Å². The van der Waals surface area contributed by atoms with Crippen LogP contribution in [0.1, 0.15) is 56.4 Å². The van der Waals surface area contributed by atoms with Crippen LogP contribution in [0.4, 0.5) is 0 Å². The summed E-state index contributed by atoms with van der Waals surface area (Å²) in [5.74, 6) is 1.67. The number of thioether (sulfide) groups is 1. The highest BCUT2D eigenvalue weighted by molar-refractivity contribution is 8.33. The smallest absolute Gasteiger partial charge is 0.259 e. The summed E-state index contributed by atoms with van der Waals surface area (Å²) in [4.78, 5) is 12.2. The van der Waals surface area contributed by atoms with Crippen molar-refractivity contribution in [1.29, 1.82) is 0 Å². The summed E-state index contributed by atoms with van der Waals surface area (Å²) >= 11 is 10.5. The first-order valence-corrected chi connectivity index (χ1v) is 9.05. The van der Waals surface area contributed by atoms with Crippen molar-refractivity contribution in [2.75, 3.05) is 26.7 Å².